The molecule has 0 aliphatic heterocycles. The first kappa shape index (κ1) is 15.4. The summed E-state index contributed by atoms with van der Waals surface area (Å²) in [5, 5.41) is 7.39. The molecule has 1 amide bonds. The zero-order valence-corrected chi connectivity index (χ0v) is 13.9. The number of benzene rings is 1. The van der Waals surface area contributed by atoms with Crippen molar-refractivity contribution in [3.63, 3.8) is 0 Å². The van der Waals surface area contributed by atoms with E-state index in [4.69, 9.17) is 0 Å². The Kier molecular flexibility index (Phi) is 3.73. The maximum Gasteiger partial charge on any atom is 0.260 e. The van der Waals surface area contributed by atoms with Crippen molar-refractivity contribution in [2.45, 2.75) is 6.92 Å². The summed E-state index contributed by atoms with van der Waals surface area (Å²) in [6.07, 6.45) is 3.16. The Morgan fingerprint density at radius 3 is 2.96 bits per heavy atom. The number of rotatable bonds is 3. The van der Waals surface area contributed by atoms with Crippen LogP contribution in [0.15, 0.2) is 48.8 Å². The molecule has 3 aromatic heterocycles. The van der Waals surface area contributed by atoms with Gasteiger partial charge in [0.1, 0.15) is 5.82 Å². The number of fused-ring (bicyclic) bond motifs is 1. The van der Waals surface area contributed by atoms with Gasteiger partial charge in [-0.3, -0.25) is 10.1 Å². The lowest BCUT2D eigenvalue weighted by Gasteiger charge is -2.04. The Hall–Kier alpha value is -3.13. The number of nitrogens with zero attached hydrogens (tertiary/aromatic N) is 4. The molecule has 0 saturated heterocycles. The highest BCUT2D eigenvalue weighted by Gasteiger charge is 2.17. The first-order valence-corrected chi connectivity index (χ1v) is 8.27. The van der Waals surface area contributed by atoms with Crippen molar-refractivity contribution in [3.05, 3.63) is 65.9 Å². The predicted octanol–water partition coefficient (Wildman–Crippen LogP) is 3.58. The lowest BCUT2D eigenvalue weighted by atomic mass is 10.2. The highest BCUT2D eigenvalue weighted by Crippen LogP contribution is 2.27. The highest BCUT2D eigenvalue weighted by atomic mass is 32.1. The van der Waals surface area contributed by atoms with Crippen molar-refractivity contribution < 1.29 is 9.18 Å². The minimum Gasteiger partial charge on any atom is -0.298 e. The largest absolute Gasteiger partial charge is 0.298 e. The van der Waals surface area contributed by atoms with Crippen molar-refractivity contribution in [2.75, 3.05) is 5.32 Å². The van der Waals surface area contributed by atoms with E-state index in [0.717, 1.165) is 0 Å². The van der Waals surface area contributed by atoms with Gasteiger partial charge in [0.15, 0.2) is 10.9 Å². The number of carbonyl (C=O) groups is 1. The fourth-order valence-corrected chi connectivity index (χ4v) is 3.34. The molecule has 3 heterocycles. The molecule has 6 nitrogen and oxygen atoms in total. The van der Waals surface area contributed by atoms with Gasteiger partial charge in [0.25, 0.3) is 5.91 Å². The number of hydrogen-bond donors (Lipinski definition) is 1. The monoisotopic (exact) mass is 353 g/mol. The van der Waals surface area contributed by atoms with Crippen LogP contribution in [0.3, 0.4) is 0 Å². The van der Waals surface area contributed by atoms with Crippen LogP contribution in [-0.4, -0.2) is 25.7 Å². The number of thiazole rings is 1. The molecule has 0 atom stereocenters. The van der Waals surface area contributed by atoms with Crippen molar-refractivity contribution in [1.82, 2.24) is 19.7 Å². The average Bonchev–Trinajstić information content (AvgIpc) is 3.18. The maximum absolute atomic E-state index is 13.3. The Morgan fingerprint density at radius 2 is 2.16 bits per heavy atom. The van der Waals surface area contributed by atoms with Gasteiger partial charge in [0, 0.05) is 6.20 Å². The van der Waals surface area contributed by atoms with Crippen LogP contribution in [0.5, 0.6) is 0 Å². The zero-order valence-electron chi connectivity index (χ0n) is 13.1. The number of halogens is 1. The van der Waals surface area contributed by atoms with Gasteiger partial charge in [-0.2, -0.15) is 5.10 Å². The summed E-state index contributed by atoms with van der Waals surface area (Å²) in [6, 6.07) is 9.79. The van der Waals surface area contributed by atoms with Crippen molar-refractivity contribution in [3.8, 4) is 5.82 Å². The molecule has 0 aliphatic carbocycles. The van der Waals surface area contributed by atoms with E-state index in [2.05, 4.69) is 20.4 Å². The lowest BCUT2D eigenvalue weighted by Crippen LogP contribution is -2.13. The van der Waals surface area contributed by atoms with Crippen LogP contribution in [0.1, 0.15) is 16.1 Å². The first-order chi connectivity index (χ1) is 12.1. The summed E-state index contributed by atoms with van der Waals surface area (Å²) in [5.41, 5.74) is 1.74. The van der Waals surface area contributed by atoms with Gasteiger partial charge in [-0.1, -0.05) is 17.4 Å². The number of anilines is 1. The number of pyridine rings is 1. The number of hydrogen-bond acceptors (Lipinski definition) is 5. The van der Waals surface area contributed by atoms with Crippen molar-refractivity contribution in [2.24, 2.45) is 0 Å². The molecule has 0 saturated carbocycles. The summed E-state index contributed by atoms with van der Waals surface area (Å²) in [6.45, 7) is 1.80. The van der Waals surface area contributed by atoms with Gasteiger partial charge in [-0.15, -0.1) is 0 Å². The molecule has 0 spiro atoms. The van der Waals surface area contributed by atoms with Crippen LogP contribution in [0.2, 0.25) is 0 Å². The van der Waals surface area contributed by atoms with Crippen LogP contribution >= 0.6 is 11.3 Å². The summed E-state index contributed by atoms with van der Waals surface area (Å²) < 4.78 is 15.5. The quantitative estimate of drug-likeness (QED) is 0.611. The Bertz CT molecular complexity index is 1070. The Balaban J connectivity index is 1.61. The third kappa shape index (κ3) is 2.87. The molecule has 0 fully saturated rings. The molecule has 0 radical (unpaired) electrons. The lowest BCUT2D eigenvalue weighted by molar-refractivity contribution is 0.102. The highest BCUT2D eigenvalue weighted by molar-refractivity contribution is 7.22. The van der Waals surface area contributed by atoms with Gasteiger partial charge in [0.05, 0.1) is 27.7 Å². The fraction of sp³-hybridized carbons (Fsp3) is 0.0588. The maximum atomic E-state index is 13.3. The molecular formula is C17H12FN5OS. The second-order valence-corrected chi connectivity index (χ2v) is 6.36. The molecule has 1 N–H and O–H groups in total. The normalized spacial score (nSPS) is 11.0. The third-order valence-electron chi connectivity index (χ3n) is 3.69. The van der Waals surface area contributed by atoms with E-state index in [0.29, 0.717) is 32.4 Å². The van der Waals surface area contributed by atoms with Gasteiger partial charge >= 0.3 is 0 Å². The number of aromatic nitrogens is 4. The van der Waals surface area contributed by atoms with E-state index in [1.807, 2.05) is 18.2 Å². The summed E-state index contributed by atoms with van der Waals surface area (Å²) in [4.78, 5) is 21.1. The molecule has 1 aromatic carbocycles. The summed E-state index contributed by atoms with van der Waals surface area (Å²) in [7, 11) is 0. The molecule has 0 unspecified atom stereocenters. The minimum atomic E-state index is -0.332. The molecule has 4 aromatic rings. The van der Waals surface area contributed by atoms with Gasteiger partial charge < -0.3 is 0 Å². The van der Waals surface area contributed by atoms with Crippen molar-refractivity contribution in [1.29, 1.82) is 0 Å². The zero-order chi connectivity index (χ0) is 17.4. The molecular weight excluding hydrogens is 341 g/mol. The van der Waals surface area contributed by atoms with E-state index in [1.165, 1.54) is 29.7 Å². The number of nitrogens with one attached hydrogen (secondary N) is 1. The topological polar surface area (TPSA) is 72.7 Å². The SMILES string of the molecule is Cc1c(C(=O)Nc2nc3ccc(F)cc3s2)cnn1-c1ccccn1. The van der Waals surface area contributed by atoms with Gasteiger partial charge in [-0.25, -0.2) is 19.0 Å². The van der Waals surface area contributed by atoms with Gasteiger partial charge in [0.2, 0.25) is 0 Å². The van der Waals surface area contributed by atoms with Crippen LogP contribution in [-0.2, 0) is 0 Å². The van der Waals surface area contributed by atoms with Crippen LogP contribution in [0.4, 0.5) is 9.52 Å². The van der Waals surface area contributed by atoms with E-state index < -0.39 is 0 Å². The molecule has 8 heteroatoms. The standard InChI is InChI=1S/C17H12FN5OS/c1-10-12(9-20-23(10)15-4-2-3-7-19-15)16(24)22-17-21-13-6-5-11(18)8-14(13)25-17/h2-9H,1H3,(H,21,22,24). The summed E-state index contributed by atoms with van der Waals surface area (Å²) in [5.74, 6) is -0.0183. The molecule has 124 valence electrons. The molecule has 4 rings (SSSR count). The average molecular weight is 353 g/mol. The van der Waals surface area contributed by atoms with Crippen LogP contribution < -0.4 is 5.32 Å². The predicted molar refractivity (Wildman–Crippen MR) is 93.6 cm³/mol. The number of carbonyl (C=O) groups excluding carboxylic acids is 1. The second kappa shape index (κ2) is 6.06. The fourth-order valence-electron chi connectivity index (χ4n) is 2.46. The molecule has 0 bridgehead atoms. The third-order valence-corrected chi connectivity index (χ3v) is 4.63. The number of amides is 1. The molecule has 25 heavy (non-hydrogen) atoms. The van der Waals surface area contributed by atoms with Crippen molar-refractivity contribution >= 4 is 32.6 Å². The minimum absolute atomic E-state index is 0.320. The smallest absolute Gasteiger partial charge is 0.260 e. The van der Waals surface area contributed by atoms with E-state index in [1.54, 1.807) is 23.9 Å². The van der Waals surface area contributed by atoms with Crippen LogP contribution in [0.25, 0.3) is 16.0 Å². The van der Waals surface area contributed by atoms with E-state index in [-0.39, 0.29) is 11.7 Å². The van der Waals surface area contributed by atoms with Gasteiger partial charge in [-0.05, 0) is 37.3 Å². The first-order valence-electron chi connectivity index (χ1n) is 7.45. The second-order valence-electron chi connectivity index (χ2n) is 5.33. The summed E-state index contributed by atoms with van der Waals surface area (Å²) >= 11 is 1.22. The Labute approximate surface area is 146 Å². The van der Waals surface area contributed by atoms with E-state index in [9.17, 15) is 9.18 Å². The Morgan fingerprint density at radius 1 is 1.28 bits per heavy atom. The van der Waals surface area contributed by atoms with E-state index >= 15 is 0 Å². The molecule has 0 aliphatic rings. The van der Waals surface area contributed by atoms with Crippen LogP contribution in [0, 0.1) is 12.7 Å².